The molecule has 5 rings (SSSR count). The van der Waals surface area contributed by atoms with Gasteiger partial charge in [0.2, 0.25) is 0 Å². The second-order valence-electron chi connectivity index (χ2n) is 7.01. The van der Waals surface area contributed by atoms with Gasteiger partial charge in [0.1, 0.15) is 5.82 Å². The summed E-state index contributed by atoms with van der Waals surface area (Å²) < 4.78 is 15.2. The van der Waals surface area contributed by atoms with Crippen molar-refractivity contribution in [3.05, 3.63) is 114 Å². The van der Waals surface area contributed by atoms with E-state index in [0.717, 1.165) is 15.6 Å². The lowest BCUT2D eigenvalue weighted by atomic mass is 10.1. The van der Waals surface area contributed by atoms with Gasteiger partial charge in [-0.1, -0.05) is 36.4 Å². The van der Waals surface area contributed by atoms with Crippen molar-refractivity contribution < 1.29 is 18.4 Å². The van der Waals surface area contributed by atoms with Crippen molar-refractivity contribution in [3.8, 4) is 0 Å². The molecule has 1 N–H and O–H groups in total. The highest BCUT2D eigenvalue weighted by molar-refractivity contribution is 7.22. The maximum atomic E-state index is 13.4. The highest BCUT2D eigenvalue weighted by Gasteiger charge is 2.31. The first-order valence-corrected chi connectivity index (χ1v) is 10.5. The molecule has 0 bridgehead atoms. The number of hydrogen-bond donors (Lipinski definition) is 1. The molecule has 0 atom stereocenters. The lowest BCUT2D eigenvalue weighted by Crippen LogP contribution is -2.29. The molecule has 1 amide bonds. The fourth-order valence-corrected chi connectivity index (χ4v) is 4.70. The van der Waals surface area contributed by atoms with Crippen LogP contribution in [-0.2, 0) is 0 Å². The number of anilines is 1. The number of benzene rings is 3. The van der Waals surface area contributed by atoms with Gasteiger partial charge < -0.3 is 5.32 Å². The smallest absolute Gasteiger partial charge is 0.294 e. The number of carbonyl (C=O) groups is 2. The van der Waals surface area contributed by atoms with Crippen LogP contribution in [0, 0.1) is 5.82 Å². The lowest BCUT2D eigenvalue weighted by Gasteiger charge is -2.03. The van der Waals surface area contributed by atoms with Crippen LogP contribution in [0.25, 0.3) is 15.6 Å². The quantitative estimate of drug-likeness (QED) is 0.314. The van der Waals surface area contributed by atoms with E-state index in [1.54, 1.807) is 28.7 Å². The van der Waals surface area contributed by atoms with Gasteiger partial charge in [0.25, 0.3) is 22.2 Å². The van der Waals surface area contributed by atoms with E-state index in [1.807, 2.05) is 42.6 Å². The SMILES string of the molecule is O=C(Nc1sc2c3ccccc3cc[n+]2c1C(=O)c1ccc(F)cc1)c1ccccc1. The molecule has 0 aliphatic carbocycles. The summed E-state index contributed by atoms with van der Waals surface area (Å²) in [5.41, 5.74) is 1.17. The molecule has 4 nitrogen and oxygen atoms in total. The monoisotopic (exact) mass is 427 g/mol. The zero-order valence-electron chi connectivity index (χ0n) is 16.2. The number of thiazole rings is 1. The zero-order valence-corrected chi connectivity index (χ0v) is 17.0. The summed E-state index contributed by atoms with van der Waals surface area (Å²) in [4.78, 5) is 27.1. The third-order valence-electron chi connectivity index (χ3n) is 5.05. The summed E-state index contributed by atoms with van der Waals surface area (Å²) in [6.45, 7) is 0. The van der Waals surface area contributed by atoms with Crippen LogP contribution in [0.15, 0.2) is 91.1 Å². The standard InChI is InChI=1S/C25H15FN2O2S/c26-19-12-10-17(11-13-19)22(29)21-24(27-23(30)18-7-2-1-3-8-18)31-25-20-9-5-4-6-16(20)14-15-28(21)25/h1-15H/p+1. The van der Waals surface area contributed by atoms with Gasteiger partial charge in [-0.25, -0.2) is 4.39 Å². The van der Waals surface area contributed by atoms with E-state index in [9.17, 15) is 14.0 Å². The van der Waals surface area contributed by atoms with Gasteiger partial charge >= 0.3 is 0 Å². The zero-order chi connectivity index (χ0) is 21.4. The average molecular weight is 427 g/mol. The molecule has 31 heavy (non-hydrogen) atoms. The van der Waals surface area contributed by atoms with E-state index in [2.05, 4.69) is 5.32 Å². The third-order valence-corrected chi connectivity index (χ3v) is 6.16. The number of hydrogen-bond acceptors (Lipinski definition) is 3. The summed E-state index contributed by atoms with van der Waals surface area (Å²) in [6, 6.07) is 24.0. The van der Waals surface area contributed by atoms with Crippen molar-refractivity contribution in [2.75, 3.05) is 5.32 Å². The second kappa shape index (κ2) is 7.74. The summed E-state index contributed by atoms with van der Waals surface area (Å²) in [7, 11) is 0. The minimum Gasteiger partial charge on any atom is -0.308 e. The van der Waals surface area contributed by atoms with Gasteiger partial charge in [0.05, 0.1) is 5.39 Å². The van der Waals surface area contributed by atoms with Crippen molar-refractivity contribution in [2.45, 2.75) is 0 Å². The molecule has 2 heterocycles. The normalized spacial score (nSPS) is 11.0. The van der Waals surface area contributed by atoms with E-state index in [0.29, 0.717) is 21.8 Å². The first kappa shape index (κ1) is 19.1. The van der Waals surface area contributed by atoms with Crippen molar-refractivity contribution in [1.82, 2.24) is 0 Å². The molecular weight excluding hydrogens is 411 g/mol. The molecule has 150 valence electrons. The number of ketones is 1. The maximum absolute atomic E-state index is 13.4. The van der Waals surface area contributed by atoms with Crippen LogP contribution < -0.4 is 9.72 Å². The predicted octanol–water partition coefficient (Wildman–Crippen LogP) is 5.26. The van der Waals surface area contributed by atoms with Crippen LogP contribution >= 0.6 is 11.3 Å². The molecule has 3 aromatic carbocycles. The molecule has 0 spiro atoms. The number of carbonyl (C=O) groups excluding carboxylic acids is 2. The van der Waals surface area contributed by atoms with Crippen molar-refractivity contribution >= 4 is 43.6 Å². The largest absolute Gasteiger partial charge is 0.308 e. The summed E-state index contributed by atoms with van der Waals surface area (Å²) in [5, 5.41) is 5.36. The van der Waals surface area contributed by atoms with Gasteiger partial charge in [0, 0.05) is 17.2 Å². The number of halogens is 1. The molecule has 2 aromatic heterocycles. The van der Waals surface area contributed by atoms with Crippen LogP contribution in [0.2, 0.25) is 0 Å². The first-order chi connectivity index (χ1) is 15.1. The van der Waals surface area contributed by atoms with Gasteiger partial charge in [-0.05, 0) is 59.2 Å². The molecule has 0 unspecified atom stereocenters. The number of amides is 1. The summed E-state index contributed by atoms with van der Waals surface area (Å²) >= 11 is 1.34. The van der Waals surface area contributed by atoms with Crippen LogP contribution in [0.4, 0.5) is 9.39 Å². The van der Waals surface area contributed by atoms with E-state index < -0.39 is 5.82 Å². The lowest BCUT2D eigenvalue weighted by molar-refractivity contribution is -0.508. The van der Waals surface area contributed by atoms with Crippen molar-refractivity contribution in [3.63, 3.8) is 0 Å². The Hall–Kier alpha value is -3.90. The number of rotatable bonds is 4. The van der Waals surface area contributed by atoms with Gasteiger partial charge in [-0.15, -0.1) is 4.40 Å². The van der Waals surface area contributed by atoms with Gasteiger partial charge in [-0.2, -0.15) is 0 Å². The van der Waals surface area contributed by atoms with E-state index in [-0.39, 0.29) is 11.7 Å². The molecule has 0 radical (unpaired) electrons. The molecule has 6 heteroatoms. The van der Waals surface area contributed by atoms with E-state index in [1.165, 1.54) is 35.6 Å². The predicted molar refractivity (Wildman–Crippen MR) is 119 cm³/mol. The van der Waals surface area contributed by atoms with E-state index >= 15 is 0 Å². The van der Waals surface area contributed by atoms with Gasteiger partial charge in [-0.3, -0.25) is 9.59 Å². The Labute approximate surface area is 181 Å². The summed E-state index contributed by atoms with van der Waals surface area (Å²) in [6.07, 6.45) is 1.82. The van der Waals surface area contributed by atoms with E-state index in [4.69, 9.17) is 0 Å². The topological polar surface area (TPSA) is 50.3 Å². The maximum Gasteiger partial charge on any atom is 0.294 e. The van der Waals surface area contributed by atoms with Crippen LogP contribution in [-0.4, -0.2) is 11.7 Å². The first-order valence-electron chi connectivity index (χ1n) is 9.64. The van der Waals surface area contributed by atoms with Gasteiger partial charge in [0.15, 0.2) is 11.2 Å². The molecule has 0 saturated heterocycles. The molecule has 0 aliphatic heterocycles. The minimum absolute atomic E-state index is 0.296. The Morgan fingerprint density at radius 2 is 1.52 bits per heavy atom. The third kappa shape index (κ3) is 3.47. The highest BCUT2D eigenvalue weighted by atomic mass is 32.1. The average Bonchev–Trinajstić information content (AvgIpc) is 3.18. The Bertz CT molecular complexity index is 1440. The fraction of sp³-hybridized carbons (Fsp3) is 0. The Morgan fingerprint density at radius 3 is 2.29 bits per heavy atom. The number of fused-ring (bicyclic) bond motifs is 3. The van der Waals surface area contributed by atoms with Crippen LogP contribution in [0.3, 0.4) is 0 Å². The Morgan fingerprint density at radius 1 is 0.806 bits per heavy atom. The molecule has 0 fully saturated rings. The summed E-state index contributed by atoms with van der Waals surface area (Å²) in [5.74, 6) is -1.01. The molecule has 0 saturated carbocycles. The Kier molecular flexibility index (Phi) is 4.76. The molecule has 5 aromatic rings. The van der Waals surface area contributed by atoms with Crippen LogP contribution in [0.1, 0.15) is 26.4 Å². The number of pyridine rings is 1. The molecular formula is C25H16FN2O2S+. The van der Waals surface area contributed by atoms with Crippen molar-refractivity contribution in [2.24, 2.45) is 0 Å². The number of nitrogens with one attached hydrogen (secondary N) is 1. The number of nitrogens with zero attached hydrogens (tertiary/aromatic N) is 1. The second-order valence-corrected chi connectivity index (χ2v) is 8.01. The minimum atomic E-state index is -0.414. The Balaban J connectivity index is 1.69. The molecule has 0 aliphatic rings. The van der Waals surface area contributed by atoms with Crippen molar-refractivity contribution in [1.29, 1.82) is 0 Å². The highest BCUT2D eigenvalue weighted by Crippen LogP contribution is 2.31. The fourth-order valence-electron chi connectivity index (χ4n) is 3.52. The van der Waals surface area contributed by atoms with Crippen LogP contribution in [0.5, 0.6) is 0 Å². The number of aromatic nitrogens is 1.